The first-order valence-electron chi connectivity index (χ1n) is 6.80. The highest BCUT2D eigenvalue weighted by atomic mass is 32.2. The number of carbonyl (C=O) groups excluding carboxylic acids is 1. The van der Waals surface area contributed by atoms with E-state index in [-0.39, 0.29) is 11.7 Å². The van der Waals surface area contributed by atoms with Crippen LogP contribution in [-0.2, 0) is 27.8 Å². The molecule has 1 aromatic carbocycles. The Labute approximate surface area is 120 Å². The van der Waals surface area contributed by atoms with E-state index in [1.54, 1.807) is 11.8 Å². The van der Waals surface area contributed by atoms with Crippen LogP contribution in [0.5, 0.6) is 0 Å². The molecule has 0 fully saturated rings. The van der Waals surface area contributed by atoms with Crippen molar-refractivity contribution in [1.29, 1.82) is 0 Å². The summed E-state index contributed by atoms with van der Waals surface area (Å²) in [4.78, 5) is 13.2. The van der Waals surface area contributed by atoms with Crippen LogP contribution in [0, 0.1) is 0 Å². The predicted molar refractivity (Wildman–Crippen MR) is 79.1 cm³/mol. The molecule has 1 amide bonds. The van der Waals surface area contributed by atoms with E-state index in [0.717, 1.165) is 23.2 Å². The van der Waals surface area contributed by atoms with Gasteiger partial charge in [-0.05, 0) is 30.0 Å². The fraction of sp³-hybridized carbons (Fsp3) is 0.500. The molecule has 2 rings (SSSR count). The SMILES string of the molecule is CCCS(=O)(=O)NCc1ccc2c(c1)CCN2C(C)=O. The molecule has 0 bridgehead atoms. The standard InChI is InChI=1S/C14H20N2O3S/c1-3-8-20(18,19)15-10-12-4-5-14-13(9-12)6-7-16(14)11(2)17/h4-5,9,15H,3,6-8,10H2,1-2H3. The van der Waals surface area contributed by atoms with Gasteiger partial charge in [0.2, 0.25) is 15.9 Å². The third-order valence-electron chi connectivity index (χ3n) is 3.39. The molecule has 0 spiro atoms. The van der Waals surface area contributed by atoms with Gasteiger partial charge in [0.05, 0.1) is 5.75 Å². The zero-order valence-electron chi connectivity index (χ0n) is 11.8. The highest BCUT2D eigenvalue weighted by molar-refractivity contribution is 7.89. The van der Waals surface area contributed by atoms with Crippen LogP contribution < -0.4 is 9.62 Å². The lowest BCUT2D eigenvalue weighted by molar-refractivity contribution is -0.116. The smallest absolute Gasteiger partial charge is 0.223 e. The van der Waals surface area contributed by atoms with E-state index in [9.17, 15) is 13.2 Å². The summed E-state index contributed by atoms with van der Waals surface area (Å²) >= 11 is 0. The molecule has 1 heterocycles. The zero-order chi connectivity index (χ0) is 14.8. The van der Waals surface area contributed by atoms with Crippen LogP contribution in [0.1, 0.15) is 31.4 Å². The second-order valence-corrected chi connectivity index (χ2v) is 6.95. The Morgan fingerprint density at radius 1 is 1.40 bits per heavy atom. The number of anilines is 1. The maximum absolute atomic E-state index is 11.6. The lowest BCUT2D eigenvalue weighted by atomic mass is 10.1. The molecule has 1 aromatic rings. The first-order valence-corrected chi connectivity index (χ1v) is 8.45. The van der Waals surface area contributed by atoms with Crippen LogP contribution in [-0.4, -0.2) is 26.6 Å². The van der Waals surface area contributed by atoms with Gasteiger partial charge in [-0.25, -0.2) is 13.1 Å². The van der Waals surface area contributed by atoms with E-state index in [2.05, 4.69) is 4.72 Å². The Morgan fingerprint density at radius 2 is 2.15 bits per heavy atom. The number of rotatable bonds is 5. The van der Waals surface area contributed by atoms with Gasteiger partial charge in [-0.15, -0.1) is 0 Å². The van der Waals surface area contributed by atoms with Crippen LogP contribution in [0.25, 0.3) is 0 Å². The Bertz CT molecular complexity index is 611. The van der Waals surface area contributed by atoms with E-state index in [1.807, 2.05) is 25.1 Å². The van der Waals surface area contributed by atoms with Gasteiger partial charge < -0.3 is 4.90 Å². The average molecular weight is 296 g/mol. The summed E-state index contributed by atoms with van der Waals surface area (Å²) in [6.07, 6.45) is 1.43. The number of hydrogen-bond donors (Lipinski definition) is 1. The first kappa shape index (κ1) is 15.0. The number of benzene rings is 1. The molecular formula is C14H20N2O3S. The molecule has 0 saturated heterocycles. The average Bonchev–Trinajstić information content (AvgIpc) is 2.79. The number of nitrogens with zero attached hydrogens (tertiary/aromatic N) is 1. The number of hydrogen-bond acceptors (Lipinski definition) is 3. The molecule has 1 N–H and O–H groups in total. The topological polar surface area (TPSA) is 66.5 Å². The van der Waals surface area contributed by atoms with Crippen molar-refractivity contribution in [2.45, 2.75) is 33.2 Å². The number of carbonyl (C=O) groups is 1. The summed E-state index contributed by atoms with van der Waals surface area (Å²) in [5.74, 6) is 0.191. The molecule has 0 aromatic heterocycles. The van der Waals surface area contributed by atoms with E-state index >= 15 is 0 Å². The Balaban J connectivity index is 2.08. The second kappa shape index (κ2) is 5.93. The van der Waals surface area contributed by atoms with Crippen molar-refractivity contribution in [3.8, 4) is 0 Å². The quantitative estimate of drug-likeness (QED) is 0.893. The van der Waals surface area contributed by atoms with Gasteiger partial charge in [0.1, 0.15) is 0 Å². The Hall–Kier alpha value is -1.40. The predicted octanol–water partition coefficient (Wildman–Crippen LogP) is 1.42. The van der Waals surface area contributed by atoms with E-state index < -0.39 is 10.0 Å². The van der Waals surface area contributed by atoms with Gasteiger partial charge in [-0.3, -0.25) is 4.79 Å². The van der Waals surface area contributed by atoms with Gasteiger partial charge in [-0.1, -0.05) is 19.1 Å². The molecular weight excluding hydrogens is 276 g/mol. The maximum atomic E-state index is 11.6. The highest BCUT2D eigenvalue weighted by Crippen LogP contribution is 2.28. The summed E-state index contributed by atoms with van der Waals surface area (Å²) in [7, 11) is -3.18. The van der Waals surface area contributed by atoms with Crippen molar-refractivity contribution in [2.24, 2.45) is 0 Å². The maximum Gasteiger partial charge on any atom is 0.223 e. The molecule has 0 aliphatic carbocycles. The second-order valence-electron chi connectivity index (χ2n) is 5.02. The van der Waals surface area contributed by atoms with Gasteiger partial charge in [0.15, 0.2) is 0 Å². The van der Waals surface area contributed by atoms with E-state index in [4.69, 9.17) is 0 Å². The summed E-state index contributed by atoms with van der Waals surface area (Å²) in [6, 6.07) is 5.74. The van der Waals surface area contributed by atoms with Crippen molar-refractivity contribution in [3.05, 3.63) is 29.3 Å². The fourth-order valence-corrected chi connectivity index (χ4v) is 3.49. The molecule has 1 aliphatic rings. The first-order chi connectivity index (χ1) is 9.43. The van der Waals surface area contributed by atoms with Gasteiger partial charge in [0, 0.05) is 25.7 Å². The van der Waals surface area contributed by atoms with Crippen LogP contribution in [0.4, 0.5) is 5.69 Å². The van der Waals surface area contributed by atoms with Crippen LogP contribution in [0.15, 0.2) is 18.2 Å². The van der Waals surface area contributed by atoms with E-state index in [1.165, 1.54) is 0 Å². The lowest BCUT2D eigenvalue weighted by Gasteiger charge is -2.15. The van der Waals surface area contributed by atoms with Gasteiger partial charge in [0.25, 0.3) is 0 Å². The van der Waals surface area contributed by atoms with Crippen molar-refractivity contribution in [3.63, 3.8) is 0 Å². The highest BCUT2D eigenvalue weighted by Gasteiger charge is 2.22. The molecule has 20 heavy (non-hydrogen) atoms. The van der Waals surface area contributed by atoms with Gasteiger partial charge in [-0.2, -0.15) is 0 Å². The zero-order valence-corrected chi connectivity index (χ0v) is 12.7. The summed E-state index contributed by atoms with van der Waals surface area (Å²) in [5, 5.41) is 0. The number of nitrogens with one attached hydrogen (secondary N) is 1. The number of fused-ring (bicyclic) bond motifs is 1. The van der Waals surface area contributed by atoms with E-state index in [0.29, 0.717) is 19.5 Å². The largest absolute Gasteiger partial charge is 0.312 e. The lowest BCUT2D eigenvalue weighted by Crippen LogP contribution is -2.26. The Kier molecular flexibility index (Phi) is 4.45. The molecule has 0 radical (unpaired) electrons. The third kappa shape index (κ3) is 3.37. The molecule has 5 nitrogen and oxygen atoms in total. The van der Waals surface area contributed by atoms with Crippen LogP contribution >= 0.6 is 0 Å². The minimum atomic E-state index is -3.18. The molecule has 0 saturated carbocycles. The fourth-order valence-electron chi connectivity index (χ4n) is 2.43. The number of amides is 1. The molecule has 0 unspecified atom stereocenters. The van der Waals surface area contributed by atoms with Crippen molar-refractivity contribution < 1.29 is 13.2 Å². The van der Waals surface area contributed by atoms with Crippen molar-refractivity contribution in [2.75, 3.05) is 17.2 Å². The third-order valence-corrected chi connectivity index (χ3v) is 4.92. The minimum absolute atomic E-state index is 0.0418. The molecule has 0 atom stereocenters. The minimum Gasteiger partial charge on any atom is -0.312 e. The normalized spacial score (nSPS) is 14.4. The molecule has 6 heteroatoms. The van der Waals surface area contributed by atoms with Crippen molar-refractivity contribution in [1.82, 2.24) is 4.72 Å². The molecule has 110 valence electrons. The van der Waals surface area contributed by atoms with Crippen LogP contribution in [0.3, 0.4) is 0 Å². The molecule has 1 aliphatic heterocycles. The Morgan fingerprint density at radius 3 is 2.80 bits per heavy atom. The summed E-state index contributed by atoms with van der Waals surface area (Å²) in [6.45, 7) is 4.40. The summed E-state index contributed by atoms with van der Waals surface area (Å²) in [5.41, 5.74) is 2.97. The number of sulfonamides is 1. The van der Waals surface area contributed by atoms with Crippen molar-refractivity contribution >= 4 is 21.6 Å². The summed E-state index contributed by atoms with van der Waals surface area (Å²) < 4.78 is 25.8. The van der Waals surface area contributed by atoms with Gasteiger partial charge >= 0.3 is 0 Å². The van der Waals surface area contributed by atoms with Crippen LogP contribution in [0.2, 0.25) is 0 Å². The monoisotopic (exact) mass is 296 g/mol.